The predicted molar refractivity (Wildman–Crippen MR) is 99.8 cm³/mol. The van der Waals surface area contributed by atoms with Crippen LogP contribution in [-0.2, 0) is 19.4 Å². The second kappa shape index (κ2) is 6.03. The van der Waals surface area contributed by atoms with Crippen LogP contribution >= 0.6 is 22.9 Å². The number of nitrogens with zero attached hydrogens (tertiary/aromatic N) is 4. The van der Waals surface area contributed by atoms with Crippen molar-refractivity contribution in [1.29, 1.82) is 0 Å². The molecular formula is C18H13ClN4O2S. The van der Waals surface area contributed by atoms with Crippen molar-refractivity contribution in [1.82, 2.24) is 19.7 Å². The monoisotopic (exact) mass is 384 g/mol. The van der Waals surface area contributed by atoms with Gasteiger partial charge in [-0.05, 0) is 37.0 Å². The Morgan fingerprint density at radius 1 is 1.27 bits per heavy atom. The minimum absolute atomic E-state index is 0.0492. The van der Waals surface area contributed by atoms with Crippen molar-refractivity contribution in [3.8, 4) is 11.4 Å². The summed E-state index contributed by atoms with van der Waals surface area (Å²) in [7, 11) is 0. The van der Waals surface area contributed by atoms with Crippen LogP contribution in [0.4, 0.5) is 0 Å². The number of aryl methyl sites for hydroxylation is 2. The highest BCUT2D eigenvalue weighted by atomic mass is 35.5. The zero-order valence-corrected chi connectivity index (χ0v) is 15.2. The molecule has 1 aliphatic carbocycles. The lowest BCUT2D eigenvalue weighted by Gasteiger charge is -2.02. The Kier molecular flexibility index (Phi) is 3.65. The Hall–Kier alpha value is -2.51. The number of hydrogen-bond donors (Lipinski definition) is 0. The van der Waals surface area contributed by atoms with Crippen LogP contribution < -0.4 is 5.56 Å². The van der Waals surface area contributed by atoms with Gasteiger partial charge in [0.15, 0.2) is 0 Å². The highest BCUT2D eigenvalue weighted by molar-refractivity contribution is 7.18. The molecule has 8 heteroatoms. The zero-order valence-electron chi connectivity index (χ0n) is 13.6. The molecule has 26 heavy (non-hydrogen) atoms. The van der Waals surface area contributed by atoms with E-state index in [4.69, 9.17) is 16.1 Å². The van der Waals surface area contributed by atoms with Crippen LogP contribution in [-0.4, -0.2) is 19.7 Å². The van der Waals surface area contributed by atoms with Crippen molar-refractivity contribution in [2.24, 2.45) is 0 Å². The third-order valence-corrected chi connectivity index (χ3v) is 6.11. The maximum absolute atomic E-state index is 12.9. The lowest BCUT2D eigenvalue weighted by Crippen LogP contribution is -2.21. The summed E-state index contributed by atoms with van der Waals surface area (Å²) in [6.07, 6.45) is 4.65. The Balaban J connectivity index is 1.52. The van der Waals surface area contributed by atoms with E-state index in [-0.39, 0.29) is 12.1 Å². The lowest BCUT2D eigenvalue weighted by atomic mass is 10.2. The minimum Gasteiger partial charge on any atom is -0.337 e. The first-order valence-corrected chi connectivity index (χ1v) is 9.47. The Morgan fingerprint density at radius 3 is 3.04 bits per heavy atom. The van der Waals surface area contributed by atoms with Gasteiger partial charge in [-0.2, -0.15) is 4.98 Å². The minimum atomic E-state index is -0.0492. The first-order valence-electron chi connectivity index (χ1n) is 8.28. The molecule has 3 aromatic heterocycles. The van der Waals surface area contributed by atoms with E-state index in [9.17, 15) is 4.79 Å². The van der Waals surface area contributed by atoms with Crippen LogP contribution in [0.1, 0.15) is 22.8 Å². The van der Waals surface area contributed by atoms with Crippen molar-refractivity contribution in [2.45, 2.75) is 25.8 Å². The van der Waals surface area contributed by atoms with E-state index in [1.54, 1.807) is 23.7 Å². The van der Waals surface area contributed by atoms with Gasteiger partial charge in [0.1, 0.15) is 11.4 Å². The van der Waals surface area contributed by atoms with Gasteiger partial charge in [0.25, 0.3) is 5.56 Å². The summed E-state index contributed by atoms with van der Waals surface area (Å²) < 4.78 is 6.84. The Bertz CT molecular complexity index is 1190. The van der Waals surface area contributed by atoms with Crippen LogP contribution in [0, 0.1) is 0 Å². The molecule has 1 aromatic carbocycles. The van der Waals surface area contributed by atoms with Crippen LogP contribution in [0.15, 0.2) is 39.9 Å². The van der Waals surface area contributed by atoms with Crippen molar-refractivity contribution < 1.29 is 4.52 Å². The first-order chi connectivity index (χ1) is 12.7. The first kappa shape index (κ1) is 15.7. The van der Waals surface area contributed by atoms with E-state index in [0.717, 1.165) is 29.5 Å². The molecule has 3 heterocycles. The van der Waals surface area contributed by atoms with Gasteiger partial charge in [-0.25, -0.2) is 4.98 Å². The third-order valence-electron chi connectivity index (χ3n) is 4.58. The fourth-order valence-corrected chi connectivity index (χ4v) is 4.79. The normalized spacial score (nSPS) is 13.4. The van der Waals surface area contributed by atoms with Crippen molar-refractivity contribution in [3.63, 3.8) is 0 Å². The standard InChI is InChI=1S/C18H13ClN4O2S/c19-12-6-2-1-4-10(12)16-21-14(25-22-16)8-23-9-20-17-15(18(23)24)11-5-3-7-13(11)26-17/h1-2,4,6,9H,3,5,7-8H2. The number of benzene rings is 1. The molecule has 0 radical (unpaired) electrons. The average Bonchev–Trinajstić information content (AvgIpc) is 3.33. The molecule has 0 spiro atoms. The molecule has 5 rings (SSSR count). The van der Waals surface area contributed by atoms with E-state index in [0.29, 0.717) is 22.3 Å². The number of rotatable bonds is 3. The van der Waals surface area contributed by atoms with Gasteiger partial charge in [0.2, 0.25) is 11.7 Å². The maximum Gasteiger partial charge on any atom is 0.262 e. The summed E-state index contributed by atoms with van der Waals surface area (Å²) in [5.74, 6) is 0.749. The number of hydrogen-bond acceptors (Lipinski definition) is 6. The fourth-order valence-electron chi connectivity index (χ4n) is 3.35. The van der Waals surface area contributed by atoms with Crippen LogP contribution in [0.25, 0.3) is 21.6 Å². The van der Waals surface area contributed by atoms with Crippen LogP contribution in [0.3, 0.4) is 0 Å². The molecular weight excluding hydrogens is 372 g/mol. The largest absolute Gasteiger partial charge is 0.337 e. The topological polar surface area (TPSA) is 73.8 Å². The SMILES string of the molecule is O=c1c2c3c(sc2ncn1Cc1nc(-c2ccccc2Cl)no1)CCC3. The summed E-state index contributed by atoms with van der Waals surface area (Å²) in [6, 6.07) is 7.29. The molecule has 0 saturated carbocycles. The van der Waals surface area contributed by atoms with Gasteiger partial charge < -0.3 is 4.52 Å². The highest BCUT2D eigenvalue weighted by Crippen LogP contribution is 2.34. The number of fused-ring (bicyclic) bond motifs is 3. The van der Waals surface area contributed by atoms with E-state index in [1.807, 2.05) is 18.2 Å². The summed E-state index contributed by atoms with van der Waals surface area (Å²) in [5.41, 5.74) is 1.81. The molecule has 0 saturated heterocycles. The van der Waals surface area contributed by atoms with Crippen molar-refractivity contribution in [3.05, 3.63) is 62.3 Å². The summed E-state index contributed by atoms with van der Waals surface area (Å²) in [6.45, 7) is 0.184. The summed E-state index contributed by atoms with van der Waals surface area (Å²) >= 11 is 7.80. The quantitative estimate of drug-likeness (QED) is 0.538. The van der Waals surface area contributed by atoms with Gasteiger partial charge in [0, 0.05) is 10.4 Å². The predicted octanol–water partition coefficient (Wildman–Crippen LogP) is 3.70. The number of halogens is 1. The molecule has 0 N–H and O–H groups in total. The van der Waals surface area contributed by atoms with Gasteiger partial charge in [-0.3, -0.25) is 9.36 Å². The van der Waals surface area contributed by atoms with Crippen molar-refractivity contribution in [2.75, 3.05) is 0 Å². The molecule has 0 unspecified atom stereocenters. The molecule has 4 aromatic rings. The summed E-state index contributed by atoms with van der Waals surface area (Å²) in [5, 5.41) is 5.28. The number of thiophene rings is 1. The van der Waals surface area contributed by atoms with Crippen LogP contribution in [0.2, 0.25) is 5.02 Å². The molecule has 6 nitrogen and oxygen atoms in total. The highest BCUT2D eigenvalue weighted by Gasteiger charge is 2.22. The molecule has 0 bridgehead atoms. The third kappa shape index (κ3) is 2.47. The van der Waals surface area contributed by atoms with Crippen molar-refractivity contribution >= 4 is 33.2 Å². The average molecular weight is 385 g/mol. The van der Waals surface area contributed by atoms with Gasteiger partial charge >= 0.3 is 0 Å². The Morgan fingerprint density at radius 2 is 2.15 bits per heavy atom. The molecule has 1 aliphatic rings. The van der Waals surface area contributed by atoms with E-state index < -0.39 is 0 Å². The van der Waals surface area contributed by atoms with Gasteiger partial charge in [-0.1, -0.05) is 28.9 Å². The van der Waals surface area contributed by atoms with E-state index >= 15 is 0 Å². The fraction of sp³-hybridized carbons (Fsp3) is 0.222. The molecule has 0 amide bonds. The van der Waals surface area contributed by atoms with Crippen LogP contribution in [0.5, 0.6) is 0 Å². The summed E-state index contributed by atoms with van der Waals surface area (Å²) in [4.78, 5) is 23.8. The second-order valence-corrected chi connectivity index (χ2v) is 7.70. The maximum atomic E-state index is 12.9. The zero-order chi connectivity index (χ0) is 17.7. The molecule has 0 fully saturated rings. The molecule has 130 valence electrons. The molecule has 0 atom stereocenters. The second-order valence-electron chi connectivity index (χ2n) is 6.21. The molecule has 0 aliphatic heterocycles. The van der Waals surface area contributed by atoms with Gasteiger partial charge in [0.05, 0.1) is 16.7 Å². The smallest absolute Gasteiger partial charge is 0.262 e. The van der Waals surface area contributed by atoms with E-state index in [1.165, 1.54) is 15.0 Å². The lowest BCUT2D eigenvalue weighted by molar-refractivity contribution is 0.369. The Labute approximate surface area is 157 Å². The van der Waals surface area contributed by atoms with E-state index in [2.05, 4.69) is 15.1 Å². The number of aromatic nitrogens is 4. The van der Waals surface area contributed by atoms with Gasteiger partial charge in [-0.15, -0.1) is 11.3 Å².